The van der Waals surface area contributed by atoms with Gasteiger partial charge < -0.3 is 4.74 Å². The predicted octanol–water partition coefficient (Wildman–Crippen LogP) is 3.60. The molecule has 0 aliphatic carbocycles. The molecule has 0 saturated heterocycles. The molecule has 0 bridgehead atoms. The van der Waals surface area contributed by atoms with E-state index in [9.17, 15) is 0 Å². The maximum absolute atomic E-state index is 5.75. The predicted molar refractivity (Wildman–Crippen MR) is 51.9 cm³/mol. The maximum atomic E-state index is 5.75. The van der Waals surface area contributed by atoms with Crippen LogP contribution in [-0.2, 0) is 0 Å². The van der Waals surface area contributed by atoms with Crippen LogP contribution in [-0.4, -0.2) is 6.61 Å². The van der Waals surface area contributed by atoms with Gasteiger partial charge >= 0.3 is 0 Å². The molecular weight excluding hydrogens is 195 g/mol. The Morgan fingerprint density at radius 3 is 2.25 bits per heavy atom. The highest BCUT2D eigenvalue weighted by Gasteiger charge is 1.97. The van der Waals surface area contributed by atoms with Gasteiger partial charge in [0.15, 0.2) is 0 Å². The first-order valence-corrected chi connectivity index (χ1v) is 4.36. The maximum Gasteiger partial charge on any atom is 0.122 e. The van der Waals surface area contributed by atoms with Crippen LogP contribution in [0.25, 0.3) is 0 Å². The van der Waals surface area contributed by atoms with Crippen LogP contribution in [0.15, 0.2) is 18.2 Å². The molecule has 1 aromatic rings. The highest BCUT2D eigenvalue weighted by molar-refractivity contribution is 6.34. The normalized spacial score (nSPS) is 9.92. The molecule has 1 radical (unpaired) electrons. The van der Waals surface area contributed by atoms with E-state index in [4.69, 9.17) is 27.9 Å². The van der Waals surface area contributed by atoms with Gasteiger partial charge in [-0.2, -0.15) is 0 Å². The fourth-order valence-electron chi connectivity index (χ4n) is 0.802. The van der Waals surface area contributed by atoms with E-state index in [1.807, 2.05) is 0 Å². The molecule has 1 aromatic carbocycles. The smallest absolute Gasteiger partial charge is 0.122 e. The molecule has 0 unspecified atom stereocenters. The lowest BCUT2D eigenvalue weighted by Crippen LogP contribution is -1.94. The Labute approximate surface area is 82.2 Å². The number of hydrogen-bond donors (Lipinski definition) is 0. The van der Waals surface area contributed by atoms with E-state index in [1.165, 1.54) is 0 Å². The van der Waals surface area contributed by atoms with Crippen molar-refractivity contribution in [1.29, 1.82) is 0 Å². The Balaban J connectivity index is 2.72. The second kappa shape index (κ2) is 4.58. The number of halogens is 2. The largest absolute Gasteiger partial charge is 0.493 e. The van der Waals surface area contributed by atoms with Crippen LogP contribution in [0.1, 0.15) is 6.42 Å². The molecular formula is C9H9Cl2O. The van der Waals surface area contributed by atoms with E-state index in [2.05, 4.69) is 6.92 Å². The third kappa shape index (κ3) is 2.92. The van der Waals surface area contributed by atoms with Crippen molar-refractivity contribution in [2.75, 3.05) is 6.61 Å². The molecule has 0 saturated carbocycles. The zero-order valence-electron chi connectivity index (χ0n) is 6.52. The molecule has 0 amide bonds. The van der Waals surface area contributed by atoms with Gasteiger partial charge in [0.2, 0.25) is 0 Å². The van der Waals surface area contributed by atoms with Gasteiger partial charge in [0.05, 0.1) is 6.61 Å². The van der Waals surface area contributed by atoms with Gasteiger partial charge in [-0.25, -0.2) is 0 Å². The van der Waals surface area contributed by atoms with E-state index in [0.29, 0.717) is 22.4 Å². The summed E-state index contributed by atoms with van der Waals surface area (Å²) in [6, 6.07) is 5.12. The van der Waals surface area contributed by atoms with Crippen molar-refractivity contribution in [3.63, 3.8) is 0 Å². The Bertz CT molecular complexity index is 240. The average molecular weight is 204 g/mol. The first-order valence-electron chi connectivity index (χ1n) is 3.60. The monoisotopic (exact) mass is 203 g/mol. The number of hydrogen-bond acceptors (Lipinski definition) is 1. The van der Waals surface area contributed by atoms with Crippen LogP contribution < -0.4 is 4.74 Å². The number of rotatable bonds is 3. The third-order valence-electron chi connectivity index (χ3n) is 1.25. The minimum atomic E-state index is 0.580. The number of ether oxygens (including phenoxy) is 1. The van der Waals surface area contributed by atoms with Gasteiger partial charge in [0.25, 0.3) is 0 Å². The minimum absolute atomic E-state index is 0.580. The fourth-order valence-corrected chi connectivity index (χ4v) is 1.31. The molecule has 0 atom stereocenters. The molecule has 0 fully saturated rings. The molecule has 1 rings (SSSR count). The highest BCUT2D eigenvalue weighted by Crippen LogP contribution is 2.24. The molecule has 65 valence electrons. The van der Waals surface area contributed by atoms with E-state index < -0.39 is 0 Å². The Kier molecular flexibility index (Phi) is 3.70. The van der Waals surface area contributed by atoms with E-state index in [-0.39, 0.29) is 0 Å². The van der Waals surface area contributed by atoms with Crippen LogP contribution in [0.4, 0.5) is 0 Å². The summed E-state index contributed by atoms with van der Waals surface area (Å²) in [6.07, 6.45) is 0.726. The van der Waals surface area contributed by atoms with Crippen molar-refractivity contribution in [3.8, 4) is 5.75 Å². The van der Waals surface area contributed by atoms with Gasteiger partial charge in [-0.05, 0) is 31.5 Å². The molecule has 0 spiro atoms. The third-order valence-corrected chi connectivity index (χ3v) is 1.69. The summed E-state index contributed by atoms with van der Waals surface area (Å²) >= 11 is 11.5. The fraction of sp³-hybridized carbons (Fsp3) is 0.222. The van der Waals surface area contributed by atoms with Gasteiger partial charge in [-0.1, -0.05) is 23.2 Å². The van der Waals surface area contributed by atoms with Gasteiger partial charge in [0.1, 0.15) is 5.75 Å². The summed E-state index contributed by atoms with van der Waals surface area (Å²) in [5.74, 6) is 0.691. The standard InChI is InChI=1S/C9H9Cl2O/c1-2-3-12-9-5-7(10)4-8(11)6-9/h4-6H,1-3H2. The molecule has 1 nitrogen and oxygen atoms in total. The van der Waals surface area contributed by atoms with Crippen LogP contribution >= 0.6 is 23.2 Å². The van der Waals surface area contributed by atoms with Gasteiger partial charge in [-0.3, -0.25) is 0 Å². The second-order valence-electron chi connectivity index (χ2n) is 2.31. The summed E-state index contributed by atoms with van der Waals surface area (Å²) in [5.41, 5.74) is 0. The summed E-state index contributed by atoms with van der Waals surface area (Å²) in [6.45, 7) is 4.23. The van der Waals surface area contributed by atoms with Crippen molar-refractivity contribution < 1.29 is 4.74 Å². The summed E-state index contributed by atoms with van der Waals surface area (Å²) < 4.78 is 5.29. The molecule has 0 aliphatic heterocycles. The number of benzene rings is 1. The van der Waals surface area contributed by atoms with Crippen molar-refractivity contribution in [1.82, 2.24) is 0 Å². The van der Waals surface area contributed by atoms with E-state index in [0.717, 1.165) is 6.42 Å². The van der Waals surface area contributed by atoms with Gasteiger partial charge in [0, 0.05) is 10.0 Å². The average Bonchev–Trinajstić information content (AvgIpc) is 1.99. The summed E-state index contributed by atoms with van der Waals surface area (Å²) in [7, 11) is 0. The van der Waals surface area contributed by atoms with E-state index >= 15 is 0 Å². The van der Waals surface area contributed by atoms with Crippen molar-refractivity contribution in [2.45, 2.75) is 6.42 Å². The molecule has 0 heterocycles. The Morgan fingerprint density at radius 2 is 1.75 bits per heavy atom. The van der Waals surface area contributed by atoms with Crippen LogP contribution in [0.2, 0.25) is 10.0 Å². The molecule has 0 aromatic heterocycles. The van der Waals surface area contributed by atoms with Crippen molar-refractivity contribution in [3.05, 3.63) is 35.2 Å². The molecule has 3 heteroatoms. The lowest BCUT2D eigenvalue weighted by atomic mass is 10.3. The van der Waals surface area contributed by atoms with Crippen LogP contribution in [0, 0.1) is 6.92 Å². The van der Waals surface area contributed by atoms with Crippen LogP contribution in [0.3, 0.4) is 0 Å². The van der Waals surface area contributed by atoms with Crippen LogP contribution in [0.5, 0.6) is 5.75 Å². The summed E-state index contributed by atoms with van der Waals surface area (Å²) in [4.78, 5) is 0. The van der Waals surface area contributed by atoms with Crippen molar-refractivity contribution in [2.24, 2.45) is 0 Å². The summed E-state index contributed by atoms with van der Waals surface area (Å²) in [5, 5.41) is 1.17. The Hall–Kier alpha value is -0.400. The Morgan fingerprint density at radius 1 is 1.17 bits per heavy atom. The first-order chi connectivity index (χ1) is 5.72. The SMILES string of the molecule is [CH2]CCOc1cc(Cl)cc(Cl)c1. The molecule has 12 heavy (non-hydrogen) atoms. The van der Waals surface area contributed by atoms with Gasteiger partial charge in [-0.15, -0.1) is 0 Å². The molecule has 0 aliphatic rings. The molecule has 0 N–H and O–H groups in total. The minimum Gasteiger partial charge on any atom is -0.493 e. The first kappa shape index (κ1) is 9.69. The zero-order chi connectivity index (χ0) is 8.97. The second-order valence-corrected chi connectivity index (χ2v) is 3.18. The topological polar surface area (TPSA) is 9.23 Å². The lowest BCUT2D eigenvalue weighted by molar-refractivity contribution is 0.324. The van der Waals surface area contributed by atoms with Crippen molar-refractivity contribution >= 4 is 23.2 Å². The van der Waals surface area contributed by atoms with E-state index in [1.54, 1.807) is 18.2 Å². The lowest BCUT2D eigenvalue weighted by Gasteiger charge is -2.04. The zero-order valence-corrected chi connectivity index (χ0v) is 8.03. The highest BCUT2D eigenvalue weighted by atomic mass is 35.5. The quantitative estimate of drug-likeness (QED) is 0.730.